The summed E-state index contributed by atoms with van der Waals surface area (Å²) in [5.41, 5.74) is 1.78. The Bertz CT molecular complexity index is 847. The molecular weight excluding hydrogens is 334 g/mol. The molecule has 2 aromatic carbocycles. The molecular formula is C19H19N3O4. The number of methoxy groups -OCH3 is 1. The van der Waals surface area contributed by atoms with Gasteiger partial charge in [-0.2, -0.15) is 0 Å². The molecule has 1 aromatic heterocycles. The molecule has 7 nitrogen and oxygen atoms in total. The minimum atomic E-state index is -0.117. The third-order valence-electron chi connectivity index (χ3n) is 3.80. The summed E-state index contributed by atoms with van der Waals surface area (Å²) in [4.78, 5) is 13.9. The number of rotatable bonds is 7. The summed E-state index contributed by atoms with van der Waals surface area (Å²) in [5, 5.41) is 7.48. The maximum Gasteiger partial charge on any atom is 0.260 e. The van der Waals surface area contributed by atoms with Gasteiger partial charge in [-0.3, -0.25) is 4.79 Å². The Labute approximate surface area is 151 Å². The van der Waals surface area contributed by atoms with Crippen molar-refractivity contribution in [3.05, 3.63) is 60.5 Å². The van der Waals surface area contributed by atoms with Gasteiger partial charge in [0.15, 0.2) is 6.61 Å². The number of hydrogen-bond acceptors (Lipinski definition) is 6. The molecule has 0 spiro atoms. The summed E-state index contributed by atoms with van der Waals surface area (Å²) in [6.45, 7) is 0.440. The molecule has 0 N–H and O–H groups in total. The van der Waals surface area contributed by atoms with Gasteiger partial charge in [0.25, 0.3) is 5.91 Å². The third-order valence-corrected chi connectivity index (χ3v) is 3.80. The van der Waals surface area contributed by atoms with Crippen molar-refractivity contribution in [3.63, 3.8) is 0 Å². The van der Waals surface area contributed by atoms with Crippen LogP contribution < -0.4 is 9.47 Å². The summed E-state index contributed by atoms with van der Waals surface area (Å²) in [5.74, 6) is 1.68. The van der Waals surface area contributed by atoms with Crippen molar-refractivity contribution in [3.8, 4) is 23.0 Å². The van der Waals surface area contributed by atoms with Crippen molar-refractivity contribution in [1.29, 1.82) is 0 Å². The monoisotopic (exact) mass is 353 g/mol. The van der Waals surface area contributed by atoms with Gasteiger partial charge in [0.1, 0.15) is 11.5 Å². The number of nitrogens with zero attached hydrogens (tertiary/aromatic N) is 3. The van der Waals surface area contributed by atoms with Gasteiger partial charge in [-0.05, 0) is 42.0 Å². The molecule has 3 aromatic rings. The van der Waals surface area contributed by atoms with Gasteiger partial charge in [-0.15, -0.1) is 10.2 Å². The number of likely N-dealkylation sites (N-methyl/N-ethyl adjacent to an activating group) is 1. The van der Waals surface area contributed by atoms with E-state index in [2.05, 4.69) is 10.2 Å². The largest absolute Gasteiger partial charge is 0.497 e. The Hall–Kier alpha value is -3.35. The van der Waals surface area contributed by atoms with Crippen LogP contribution in [0.4, 0.5) is 0 Å². The zero-order chi connectivity index (χ0) is 18.4. The highest BCUT2D eigenvalue weighted by molar-refractivity contribution is 5.77. The first-order chi connectivity index (χ1) is 12.7. The van der Waals surface area contributed by atoms with Crippen LogP contribution >= 0.6 is 0 Å². The van der Waals surface area contributed by atoms with Crippen LogP contribution in [0.2, 0.25) is 0 Å². The Morgan fingerprint density at radius 3 is 2.65 bits per heavy atom. The highest BCUT2D eigenvalue weighted by Crippen LogP contribution is 2.20. The van der Waals surface area contributed by atoms with E-state index in [1.165, 1.54) is 6.39 Å². The Morgan fingerprint density at radius 1 is 1.15 bits per heavy atom. The second kappa shape index (κ2) is 8.15. The lowest BCUT2D eigenvalue weighted by molar-refractivity contribution is -0.132. The zero-order valence-electron chi connectivity index (χ0n) is 14.6. The van der Waals surface area contributed by atoms with Crippen LogP contribution in [-0.4, -0.2) is 41.8 Å². The molecule has 0 aliphatic carbocycles. The van der Waals surface area contributed by atoms with Gasteiger partial charge in [0, 0.05) is 19.2 Å². The molecule has 0 atom stereocenters. The fourth-order valence-corrected chi connectivity index (χ4v) is 2.38. The van der Waals surface area contributed by atoms with E-state index < -0.39 is 0 Å². The number of ether oxygens (including phenoxy) is 2. The van der Waals surface area contributed by atoms with E-state index in [9.17, 15) is 4.79 Å². The summed E-state index contributed by atoms with van der Waals surface area (Å²) < 4.78 is 15.9. The van der Waals surface area contributed by atoms with Gasteiger partial charge >= 0.3 is 0 Å². The Balaban J connectivity index is 1.52. The summed E-state index contributed by atoms with van der Waals surface area (Å²) in [6, 6.07) is 14.7. The summed E-state index contributed by atoms with van der Waals surface area (Å²) in [7, 11) is 3.36. The molecule has 0 unspecified atom stereocenters. The summed E-state index contributed by atoms with van der Waals surface area (Å²) >= 11 is 0. The van der Waals surface area contributed by atoms with Gasteiger partial charge in [0.2, 0.25) is 12.3 Å². The molecule has 7 heteroatoms. The highest BCUT2D eigenvalue weighted by atomic mass is 16.5. The minimum absolute atomic E-state index is 0.0413. The minimum Gasteiger partial charge on any atom is -0.497 e. The van der Waals surface area contributed by atoms with Crippen LogP contribution in [0.15, 0.2) is 59.3 Å². The number of carbonyl (C=O) groups is 1. The van der Waals surface area contributed by atoms with Crippen LogP contribution in [0.25, 0.3) is 11.5 Å². The lowest BCUT2D eigenvalue weighted by atomic mass is 10.2. The smallest absolute Gasteiger partial charge is 0.260 e. The number of hydrogen-bond donors (Lipinski definition) is 0. The molecule has 3 rings (SSSR count). The van der Waals surface area contributed by atoms with E-state index in [1.54, 1.807) is 43.3 Å². The predicted molar refractivity (Wildman–Crippen MR) is 94.7 cm³/mol. The first kappa shape index (κ1) is 17.5. The van der Waals surface area contributed by atoms with Crippen LogP contribution in [0.1, 0.15) is 5.56 Å². The quantitative estimate of drug-likeness (QED) is 0.650. The second-order valence-electron chi connectivity index (χ2n) is 5.66. The average Bonchev–Trinajstić information content (AvgIpc) is 3.21. The normalized spacial score (nSPS) is 10.4. The van der Waals surface area contributed by atoms with Crippen molar-refractivity contribution in [1.82, 2.24) is 15.1 Å². The van der Waals surface area contributed by atoms with Crippen molar-refractivity contribution < 1.29 is 18.7 Å². The molecule has 0 saturated carbocycles. The molecule has 0 saturated heterocycles. The van der Waals surface area contributed by atoms with Crippen molar-refractivity contribution >= 4 is 5.91 Å². The Kier molecular flexibility index (Phi) is 5.48. The predicted octanol–water partition coefficient (Wildman–Crippen LogP) is 2.78. The molecule has 0 aliphatic rings. The number of carbonyl (C=O) groups excluding carboxylic acids is 1. The Morgan fingerprint density at radius 2 is 1.96 bits per heavy atom. The van der Waals surface area contributed by atoms with Gasteiger partial charge < -0.3 is 18.8 Å². The average molecular weight is 353 g/mol. The fourth-order valence-electron chi connectivity index (χ4n) is 2.38. The van der Waals surface area contributed by atoms with E-state index in [0.29, 0.717) is 18.2 Å². The van der Waals surface area contributed by atoms with Crippen LogP contribution in [0.5, 0.6) is 11.5 Å². The maximum absolute atomic E-state index is 12.3. The molecule has 0 fully saturated rings. The standard InChI is InChI=1S/C19H19N3O4/c1-22(11-14-4-3-5-17(10-14)24-2)18(23)12-25-16-8-6-15(7-9-16)19-21-20-13-26-19/h3-10,13H,11-12H2,1-2H3. The second-order valence-corrected chi connectivity index (χ2v) is 5.66. The van der Waals surface area contributed by atoms with Crippen molar-refractivity contribution in [2.24, 2.45) is 0 Å². The first-order valence-corrected chi connectivity index (χ1v) is 8.02. The molecule has 26 heavy (non-hydrogen) atoms. The number of aromatic nitrogens is 2. The first-order valence-electron chi connectivity index (χ1n) is 8.02. The summed E-state index contributed by atoms with van der Waals surface area (Å²) in [6.07, 6.45) is 1.27. The van der Waals surface area contributed by atoms with E-state index >= 15 is 0 Å². The van der Waals surface area contributed by atoms with Gasteiger partial charge in [0.05, 0.1) is 7.11 Å². The number of amides is 1. The van der Waals surface area contributed by atoms with Crippen molar-refractivity contribution in [2.75, 3.05) is 20.8 Å². The molecule has 134 valence electrons. The number of benzene rings is 2. The SMILES string of the molecule is COc1cccc(CN(C)C(=O)COc2ccc(-c3nnco3)cc2)c1. The van der Waals surface area contributed by atoms with Crippen LogP contribution in [0.3, 0.4) is 0 Å². The van der Waals surface area contributed by atoms with Gasteiger partial charge in [-0.25, -0.2) is 0 Å². The molecule has 0 bridgehead atoms. The molecule has 1 amide bonds. The highest BCUT2D eigenvalue weighted by Gasteiger charge is 2.11. The lowest BCUT2D eigenvalue weighted by Gasteiger charge is -2.18. The molecule has 1 heterocycles. The maximum atomic E-state index is 12.3. The van der Waals surface area contributed by atoms with Crippen LogP contribution in [0, 0.1) is 0 Å². The van der Waals surface area contributed by atoms with E-state index in [-0.39, 0.29) is 12.5 Å². The lowest BCUT2D eigenvalue weighted by Crippen LogP contribution is -2.30. The molecule has 0 radical (unpaired) electrons. The molecule has 0 aliphatic heterocycles. The zero-order valence-corrected chi connectivity index (χ0v) is 14.6. The van der Waals surface area contributed by atoms with Crippen molar-refractivity contribution in [2.45, 2.75) is 6.54 Å². The van der Waals surface area contributed by atoms with E-state index in [1.807, 2.05) is 24.3 Å². The van der Waals surface area contributed by atoms with E-state index in [0.717, 1.165) is 16.9 Å². The van der Waals surface area contributed by atoms with Gasteiger partial charge in [-0.1, -0.05) is 12.1 Å². The fraction of sp³-hybridized carbons (Fsp3) is 0.211. The van der Waals surface area contributed by atoms with Crippen LogP contribution in [-0.2, 0) is 11.3 Å². The van der Waals surface area contributed by atoms with E-state index in [4.69, 9.17) is 13.9 Å². The third kappa shape index (κ3) is 4.38. The topological polar surface area (TPSA) is 77.7 Å².